The van der Waals surface area contributed by atoms with Gasteiger partial charge in [0.1, 0.15) is 11.4 Å². The number of para-hydroxylation sites is 1. The lowest BCUT2D eigenvalue weighted by molar-refractivity contribution is -0.133. The Labute approximate surface area is 75.1 Å². The second-order valence-electron chi connectivity index (χ2n) is 2.80. The van der Waals surface area contributed by atoms with Crippen molar-refractivity contribution in [2.45, 2.75) is 6.42 Å². The molecule has 13 heavy (non-hydrogen) atoms. The average molecular weight is 179 g/mol. The molecule has 1 aliphatic rings. The molecule has 0 bridgehead atoms. The van der Waals surface area contributed by atoms with Crippen molar-refractivity contribution in [1.29, 1.82) is 0 Å². The lowest BCUT2D eigenvalue weighted by atomic mass is 10.2. The van der Waals surface area contributed by atoms with Gasteiger partial charge in [0.2, 0.25) is 0 Å². The molecule has 1 aromatic rings. The summed E-state index contributed by atoms with van der Waals surface area (Å²) in [6, 6.07) is 4.82. The number of nitrogens with one attached hydrogen (secondary N) is 1. The Morgan fingerprint density at radius 3 is 3.15 bits per heavy atom. The zero-order valence-electron chi connectivity index (χ0n) is 6.91. The molecular weight excluding hydrogens is 170 g/mol. The fraction of sp³-hybridized carbons (Fsp3) is 0.222. The van der Waals surface area contributed by atoms with Crippen LogP contribution in [0.2, 0.25) is 0 Å². The van der Waals surface area contributed by atoms with Crippen molar-refractivity contribution < 1.29 is 14.6 Å². The largest absolute Gasteiger partial charge is 0.506 e. The molecule has 0 aromatic heterocycles. The summed E-state index contributed by atoms with van der Waals surface area (Å²) in [5, 5.41) is 12.3. The van der Waals surface area contributed by atoms with Crippen molar-refractivity contribution in [3.8, 4) is 11.5 Å². The van der Waals surface area contributed by atoms with Gasteiger partial charge in [0, 0.05) is 6.54 Å². The Kier molecular flexibility index (Phi) is 1.81. The van der Waals surface area contributed by atoms with Crippen molar-refractivity contribution in [3.05, 3.63) is 18.2 Å². The summed E-state index contributed by atoms with van der Waals surface area (Å²) in [7, 11) is 0. The molecule has 2 N–H and O–H groups in total. The van der Waals surface area contributed by atoms with Crippen LogP contribution in [0.3, 0.4) is 0 Å². The third-order valence-electron chi connectivity index (χ3n) is 1.86. The third kappa shape index (κ3) is 1.42. The highest BCUT2D eigenvalue weighted by molar-refractivity contribution is 5.79. The first-order valence-corrected chi connectivity index (χ1v) is 4.04. The maximum Gasteiger partial charge on any atom is 0.313 e. The van der Waals surface area contributed by atoms with E-state index in [0.717, 1.165) is 0 Å². The van der Waals surface area contributed by atoms with E-state index in [4.69, 9.17) is 4.74 Å². The standard InChI is InChI=1S/C9H9NO3/c11-6-2-1-3-7-9(6)10-5-4-8(12)13-7/h1-3,10-11H,4-5H2. The summed E-state index contributed by atoms with van der Waals surface area (Å²) >= 11 is 0. The Bertz CT molecular complexity index is 349. The van der Waals surface area contributed by atoms with Gasteiger partial charge < -0.3 is 15.2 Å². The smallest absolute Gasteiger partial charge is 0.313 e. The summed E-state index contributed by atoms with van der Waals surface area (Å²) in [6.07, 6.45) is 0.314. The third-order valence-corrected chi connectivity index (χ3v) is 1.86. The molecule has 0 spiro atoms. The second kappa shape index (κ2) is 2.97. The molecule has 68 valence electrons. The molecule has 0 saturated heterocycles. The number of carbonyl (C=O) groups excluding carboxylic acids is 1. The quantitative estimate of drug-likeness (QED) is 0.356. The fourth-order valence-corrected chi connectivity index (χ4v) is 1.25. The predicted octanol–water partition coefficient (Wildman–Crippen LogP) is 1.11. The number of hydrogen-bond acceptors (Lipinski definition) is 4. The van der Waals surface area contributed by atoms with Crippen molar-refractivity contribution in [3.63, 3.8) is 0 Å². The zero-order chi connectivity index (χ0) is 9.26. The number of phenolic OH excluding ortho intramolecular Hbond substituents is 1. The first kappa shape index (κ1) is 7.91. The number of rotatable bonds is 0. The van der Waals surface area contributed by atoms with Crippen LogP contribution in [0.25, 0.3) is 0 Å². The van der Waals surface area contributed by atoms with Gasteiger partial charge in [0.25, 0.3) is 0 Å². The number of benzene rings is 1. The molecule has 0 atom stereocenters. The van der Waals surface area contributed by atoms with E-state index in [9.17, 15) is 9.90 Å². The first-order valence-electron chi connectivity index (χ1n) is 4.04. The minimum absolute atomic E-state index is 0.104. The number of anilines is 1. The van der Waals surface area contributed by atoms with E-state index in [-0.39, 0.29) is 11.7 Å². The molecule has 0 aliphatic carbocycles. The minimum Gasteiger partial charge on any atom is -0.506 e. The summed E-state index contributed by atoms with van der Waals surface area (Å²) in [5.41, 5.74) is 0.494. The zero-order valence-corrected chi connectivity index (χ0v) is 6.91. The lowest BCUT2D eigenvalue weighted by Crippen LogP contribution is -2.08. The predicted molar refractivity (Wildman–Crippen MR) is 46.8 cm³/mol. The molecular formula is C9H9NO3. The van der Waals surface area contributed by atoms with Crippen LogP contribution in [0.1, 0.15) is 6.42 Å². The highest BCUT2D eigenvalue weighted by atomic mass is 16.5. The van der Waals surface area contributed by atoms with Crippen LogP contribution in [0.15, 0.2) is 18.2 Å². The van der Waals surface area contributed by atoms with E-state index in [1.165, 1.54) is 0 Å². The molecule has 0 radical (unpaired) electrons. The number of hydrogen-bond donors (Lipinski definition) is 2. The van der Waals surface area contributed by atoms with Gasteiger partial charge in [-0.25, -0.2) is 0 Å². The maximum atomic E-state index is 11.0. The van der Waals surface area contributed by atoms with E-state index < -0.39 is 0 Å². The second-order valence-corrected chi connectivity index (χ2v) is 2.80. The Morgan fingerprint density at radius 2 is 2.31 bits per heavy atom. The lowest BCUT2D eigenvalue weighted by Gasteiger charge is -2.07. The number of phenols is 1. The van der Waals surface area contributed by atoms with Gasteiger partial charge in [-0.15, -0.1) is 0 Å². The monoisotopic (exact) mass is 179 g/mol. The number of aromatic hydroxyl groups is 1. The van der Waals surface area contributed by atoms with E-state index >= 15 is 0 Å². The molecule has 0 unspecified atom stereocenters. The van der Waals surface area contributed by atoms with Gasteiger partial charge in [0.15, 0.2) is 5.75 Å². The molecule has 1 aromatic carbocycles. The molecule has 0 saturated carbocycles. The summed E-state index contributed by atoms with van der Waals surface area (Å²) in [5.74, 6) is 0.214. The SMILES string of the molecule is O=C1CCNc2c(O)cccc2O1. The number of fused-ring (bicyclic) bond motifs is 1. The molecule has 2 rings (SSSR count). The van der Waals surface area contributed by atoms with E-state index in [0.29, 0.717) is 24.4 Å². The van der Waals surface area contributed by atoms with Crippen LogP contribution < -0.4 is 10.1 Å². The minimum atomic E-state index is -0.281. The van der Waals surface area contributed by atoms with Crippen LogP contribution in [0, 0.1) is 0 Å². The number of carbonyl (C=O) groups is 1. The first-order chi connectivity index (χ1) is 6.27. The number of ether oxygens (including phenoxy) is 1. The van der Waals surface area contributed by atoms with Crippen molar-refractivity contribution >= 4 is 11.7 Å². The van der Waals surface area contributed by atoms with Crippen LogP contribution in [0.4, 0.5) is 5.69 Å². The van der Waals surface area contributed by atoms with Gasteiger partial charge >= 0.3 is 5.97 Å². The normalized spacial score (nSPS) is 15.2. The van der Waals surface area contributed by atoms with E-state index in [1.807, 2.05) is 0 Å². The van der Waals surface area contributed by atoms with E-state index in [2.05, 4.69) is 5.32 Å². The molecule has 1 heterocycles. The Balaban J connectivity index is 2.45. The van der Waals surface area contributed by atoms with Crippen LogP contribution in [-0.4, -0.2) is 17.6 Å². The summed E-state index contributed by atoms with van der Waals surface area (Å²) in [4.78, 5) is 11.0. The molecule has 0 amide bonds. The van der Waals surface area contributed by atoms with Crippen molar-refractivity contribution in [2.24, 2.45) is 0 Å². The highest BCUT2D eigenvalue weighted by Gasteiger charge is 2.16. The Morgan fingerprint density at radius 1 is 1.46 bits per heavy atom. The highest BCUT2D eigenvalue weighted by Crippen LogP contribution is 2.34. The summed E-state index contributed by atoms with van der Waals surface area (Å²) < 4.78 is 4.98. The van der Waals surface area contributed by atoms with Crippen LogP contribution >= 0.6 is 0 Å². The Hall–Kier alpha value is -1.71. The van der Waals surface area contributed by atoms with Gasteiger partial charge in [-0.05, 0) is 12.1 Å². The molecule has 4 heteroatoms. The van der Waals surface area contributed by atoms with Gasteiger partial charge in [0.05, 0.1) is 6.42 Å². The maximum absolute atomic E-state index is 11.0. The van der Waals surface area contributed by atoms with Gasteiger partial charge in [-0.1, -0.05) is 6.07 Å². The molecule has 1 aliphatic heterocycles. The summed E-state index contributed by atoms with van der Waals surface area (Å²) in [6.45, 7) is 0.489. The topological polar surface area (TPSA) is 58.6 Å². The molecule has 0 fully saturated rings. The van der Waals surface area contributed by atoms with Crippen molar-refractivity contribution in [1.82, 2.24) is 0 Å². The van der Waals surface area contributed by atoms with Gasteiger partial charge in [-0.2, -0.15) is 0 Å². The number of esters is 1. The van der Waals surface area contributed by atoms with Crippen molar-refractivity contribution in [2.75, 3.05) is 11.9 Å². The van der Waals surface area contributed by atoms with E-state index in [1.54, 1.807) is 18.2 Å². The molecule has 4 nitrogen and oxygen atoms in total. The van der Waals surface area contributed by atoms with Crippen LogP contribution in [-0.2, 0) is 4.79 Å². The van der Waals surface area contributed by atoms with Gasteiger partial charge in [-0.3, -0.25) is 4.79 Å². The van der Waals surface area contributed by atoms with Crippen LogP contribution in [0.5, 0.6) is 11.5 Å². The average Bonchev–Trinajstić information content (AvgIpc) is 2.27. The fourth-order valence-electron chi connectivity index (χ4n) is 1.25.